The van der Waals surface area contributed by atoms with Crippen LogP contribution in [0.15, 0.2) is 52.9 Å². The number of hydrogen-bond acceptors (Lipinski definition) is 5. The monoisotopic (exact) mass is 373 g/mol. The van der Waals surface area contributed by atoms with E-state index in [9.17, 15) is 10.1 Å². The minimum absolute atomic E-state index is 0.0190. The molecule has 2 aromatic carbocycles. The Bertz CT molecular complexity index is 911. The Morgan fingerprint density at radius 1 is 1.12 bits per heavy atom. The van der Waals surface area contributed by atoms with Crippen molar-refractivity contribution in [2.45, 2.75) is 25.9 Å². The summed E-state index contributed by atoms with van der Waals surface area (Å²) in [5.74, 6) is 0.831. The maximum absolute atomic E-state index is 10.7. The van der Waals surface area contributed by atoms with Gasteiger partial charge >= 0.3 is 0 Å². The summed E-state index contributed by atoms with van der Waals surface area (Å²) in [4.78, 5) is 10.3. The molecule has 7 nitrogen and oxygen atoms in total. The van der Waals surface area contributed by atoms with E-state index in [1.54, 1.807) is 12.1 Å². The number of non-ortho nitro benzene ring substituents is 1. The van der Waals surface area contributed by atoms with Crippen molar-refractivity contribution in [2.24, 2.45) is 0 Å². The molecule has 0 bridgehead atoms. The van der Waals surface area contributed by atoms with Crippen molar-refractivity contribution in [2.75, 3.05) is 0 Å². The van der Waals surface area contributed by atoms with E-state index in [0.717, 1.165) is 5.56 Å². The first-order valence-corrected chi connectivity index (χ1v) is 8.50. The Morgan fingerprint density at radius 2 is 1.85 bits per heavy atom. The van der Waals surface area contributed by atoms with E-state index in [4.69, 9.17) is 16.0 Å². The van der Waals surface area contributed by atoms with Gasteiger partial charge in [-0.1, -0.05) is 23.7 Å². The molecule has 2 N–H and O–H groups in total. The molecule has 0 unspecified atom stereocenters. The zero-order valence-corrected chi connectivity index (χ0v) is 15.1. The van der Waals surface area contributed by atoms with Gasteiger partial charge in [0.05, 0.1) is 4.92 Å². The van der Waals surface area contributed by atoms with E-state index in [-0.39, 0.29) is 17.8 Å². The Morgan fingerprint density at radius 3 is 2.50 bits per heavy atom. The van der Waals surface area contributed by atoms with Crippen molar-refractivity contribution in [3.05, 3.63) is 75.1 Å². The lowest BCUT2D eigenvalue weighted by Crippen LogP contribution is -2.85. The molecule has 3 rings (SSSR count). The molecule has 3 aromatic rings. The Balaban J connectivity index is 1.71. The molecule has 134 valence electrons. The topological polar surface area (TPSA) is 98.7 Å². The van der Waals surface area contributed by atoms with E-state index in [2.05, 4.69) is 22.4 Å². The van der Waals surface area contributed by atoms with Crippen LogP contribution in [0.5, 0.6) is 0 Å². The molecule has 1 aromatic heterocycles. The van der Waals surface area contributed by atoms with Crippen LogP contribution in [-0.2, 0) is 0 Å². The summed E-state index contributed by atoms with van der Waals surface area (Å²) >= 11 is 6.05. The fourth-order valence-electron chi connectivity index (χ4n) is 2.68. The molecule has 0 saturated heterocycles. The molecule has 0 aliphatic rings. The van der Waals surface area contributed by atoms with Crippen LogP contribution >= 0.6 is 11.6 Å². The molecular formula is C18H18ClN4O3+. The van der Waals surface area contributed by atoms with Crippen LogP contribution in [-0.4, -0.2) is 15.1 Å². The second kappa shape index (κ2) is 7.63. The molecule has 0 fully saturated rings. The molecule has 0 saturated carbocycles. The highest BCUT2D eigenvalue weighted by Crippen LogP contribution is 2.23. The number of nitrogens with zero attached hydrogens (tertiary/aromatic N) is 3. The Kier molecular flexibility index (Phi) is 5.29. The molecule has 0 aliphatic carbocycles. The van der Waals surface area contributed by atoms with Crippen molar-refractivity contribution < 1.29 is 14.7 Å². The predicted molar refractivity (Wildman–Crippen MR) is 96.6 cm³/mol. The quantitative estimate of drug-likeness (QED) is 0.524. The SMILES string of the molecule is C[C@H]([NH2+][C@H](C)c1cccc(Cl)c1)c1nnc(-c2ccc([N+](=O)[O-])cc2)o1. The van der Waals surface area contributed by atoms with Gasteiger partial charge in [0.2, 0.25) is 5.89 Å². The van der Waals surface area contributed by atoms with Gasteiger partial charge in [-0.2, -0.15) is 0 Å². The lowest BCUT2D eigenvalue weighted by molar-refractivity contribution is -0.730. The summed E-state index contributed by atoms with van der Waals surface area (Å²) in [7, 11) is 0. The number of halogens is 1. The van der Waals surface area contributed by atoms with Gasteiger partial charge in [-0.15, -0.1) is 10.2 Å². The number of nitro groups is 1. The van der Waals surface area contributed by atoms with Crippen molar-refractivity contribution >= 4 is 17.3 Å². The minimum atomic E-state index is -0.447. The third kappa shape index (κ3) is 4.07. The summed E-state index contributed by atoms with van der Waals surface area (Å²) in [6.07, 6.45) is 0. The van der Waals surface area contributed by atoms with Gasteiger partial charge < -0.3 is 9.73 Å². The summed E-state index contributed by atoms with van der Waals surface area (Å²) in [5.41, 5.74) is 1.77. The third-order valence-electron chi connectivity index (χ3n) is 4.11. The Labute approximate surface area is 155 Å². The van der Waals surface area contributed by atoms with Crippen LogP contribution < -0.4 is 5.32 Å². The van der Waals surface area contributed by atoms with Crippen LogP contribution in [0.25, 0.3) is 11.5 Å². The lowest BCUT2D eigenvalue weighted by Gasteiger charge is -2.14. The van der Waals surface area contributed by atoms with Gasteiger partial charge in [0.25, 0.3) is 11.6 Å². The standard InChI is InChI=1S/C18H17ClN4O3/c1-11(14-4-3-5-15(19)10-14)20-12(2)17-21-22-18(26-17)13-6-8-16(9-7-13)23(24)25/h3-12,20H,1-2H3/p+1/t11-,12+/m1/s1. The summed E-state index contributed by atoms with van der Waals surface area (Å²) in [5, 5.41) is 21.7. The normalized spacial score (nSPS) is 13.3. The fraction of sp³-hybridized carbons (Fsp3) is 0.222. The number of hydrogen-bond donors (Lipinski definition) is 1. The molecule has 1 heterocycles. The molecule has 0 radical (unpaired) electrons. The van der Waals surface area contributed by atoms with Crippen LogP contribution in [0, 0.1) is 10.1 Å². The molecule has 0 spiro atoms. The second-order valence-corrected chi connectivity index (χ2v) is 6.51. The van der Waals surface area contributed by atoms with E-state index in [0.29, 0.717) is 22.4 Å². The van der Waals surface area contributed by atoms with Crippen LogP contribution in [0.1, 0.15) is 37.4 Å². The maximum Gasteiger partial charge on any atom is 0.274 e. The number of benzene rings is 2. The molecule has 0 aliphatic heterocycles. The number of nitro benzene ring substituents is 1. The highest BCUT2D eigenvalue weighted by atomic mass is 35.5. The number of quaternary nitrogens is 1. The fourth-order valence-corrected chi connectivity index (χ4v) is 2.88. The van der Waals surface area contributed by atoms with Crippen molar-refractivity contribution in [1.82, 2.24) is 10.2 Å². The number of rotatable bonds is 6. The van der Waals surface area contributed by atoms with Crippen molar-refractivity contribution in [1.29, 1.82) is 0 Å². The predicted octanol–water partition coefficient (Wildman–Crippen LogP) is 3.68. The summed E-state index contributed by atoms with van der Waals surface area (Å²) in [6.45, 7) is 4.06. The van der Waals surface area contributed by atoms with E-state index in [1.807, 2.05) is 31.2 Å². The van der Waals surface area contributed by atoms with Gasteiger partial charge in [0.1, 0.15) is 6.04 Å². The molecule has 0 amide bonds. The first-order chi connectivity index (χ1) is 12.4. The zero-order valence-electron chi connectivity index (χ0n) is 14.3. The Hall–Kier alpha value is -2.77. The molecule has 2 atom stereocenters. The second-order valence-electron chi connectivity index (χ2n) is 6.07. The van der Waals surface area contributed by atoms with E-state index >= 15 is 0 Å². The maximum atomic E-state index is 10.7. The van der Waals surface area contributed by atoms with Gasteiger partial charge in [0, 0.05) is 28.3 Å². The molecular weight excluding hydrogens is 356 g/mol. The van der Waals surface area contributed by atoms with Gasteiger partial charge in [-0.05, 0) is 38.1 Å². The summed E-state index contributed by atoms with van der Waals surface area (Å²) < 4.78 is 5.74. The largest absolute Gasteiger partial charge is 0.415 e. The van der Waals surface area contributed by atoms with E-state index < -0.39 is 4.92 Å². The van der Waals surface area contributed by atoms with Crippen LogP contribution in [0.3, 0.4) is 0 Å². The highest BCUT2D eigenvalue weighted by molar-refractivity contribution is 6.30. The highest BCUT2D eigenvalue weighted by Gasteiger charge is 2.21. The van der Waals surface area contributed by atoms with E-state index in [1.165, 1.54) is 12.1 Å². The van der Waals surface area contributed by atoms with Gasteiger partial charge in [0.15, 0.2) is 6.04 Å². The van der Waals surface area contributed by atoms with Crippen molar-refractivity contribution in [3.8, 4) is 11.5 Å². The van der Waals surface area contributed by atoms with Gasteiger partial charge in [-0.25, -0.2) is 0 Å². The number of nitrogens with two attached hydrogens (primary N) is 1. The first-order valence-electron chi connectivity index (χ1n) is 8.12. The van der Waals surface area contributed by atoms with Crippen LogP contribution in [0.2, 0.25) is 5.02 Å². The van der Waals surface area contributed by atoms with Crippen LogP contribution in [0.4, 0.5) is 5.69 Å². The zero-order chi connectivity index (χ0) is 18.7. The van der Waals surface area contributed by atoms with Gasteiger partial charge in [-0.3, -0.25) is 10.1 Å². The molecule has 26 heavy (non-hydrogen) atoms. The minimum Gasteiger partial charge on any atom is -0.415 e. The van der Waals surface area contributed by atoms with Crippen molar-refractivity contribution in [3.63, 3.8) is 0 Å². The third-order valence-corrected chi connectivity index (χ3v) is 4.34. The number of aromatic nitrogens is 2. The smallest absolute Gasteiger partial charge is 0.274 e. The molecule has 8 heteroatoms. The lowest BCUT2D eigenvalue weighted by atomic mass is 10.1. The summed E-state index contributed by atoms with van der Waals surface area (Å²) in [6, 6.07) is 13.9. The first kappa shape index (κ1) is 18.0. The average molecular weight is 374 g/mol. The average Bonchev–Trinajstić information content (AvgIpc) is 3.12.